The van der Waals surface area contributed by atoms with Crippen LogP contribution >= 0.6 is 11.8 Å². The molecule has 7 heteroatoms. The second kappa shape index (κ2) is 7.25. The number of benzene rings is 1. The van der Waals surface area contributed by atoms with Crippen LogP contribution in [0.2, 0.25) is 0 Å². The fourth-order valence-corrected chi connectivity index (χ4v) is 2.91. The van der Waals surface area contributed by atoms with Gasteiger partial charge in [0.15, 0.2) is 11.0 Å². The van der Waals surface area contributed by atoms with Gasteiger partial charge in [0.2, 0.25) is 5.91 Å². The normalized spacial score (nSPS) is 12.8. The molecule has 0 saturated heterocycles. The minimum Gasteiger partial charge on any atom is -0.497 e. The van der Waals surface area contributed by atoms with Gasteiger partial charge in [-0.1, -0.05) is 11.8 Å². The molecule has 0 fully saturated rings. The number of ether oxygens (including phenoxy) is 1. The maximum absolute atomic E-state index is 12.2. The van der Waals surface area contributed by atoms with E-state index in [0.29, 0.717) is 5.16 Å². The lowest BCUT2D eigenvalue weighted by atomic mass is 10.1. The van der Waals surface area contributed by atoms with Crippen molar-refractivity contribution in [2.24, 2.45) is 7.05 Å². The molecule has 1 heterocycles. The lowest BCUT2D eigenvalue weighted by molar-refractivity contribution is -0.121. The number of carbonyl (C=O) groups is 1. The number of hydrogen-bond acceptors (Lipinski definition) is 5. The van der Waals surface area contributed by atoms with Gasteiger partial charge in [-0.3, -0.25) is 4.79 Å². The van der Waals surface area contributed by atoms with Crippen LogP contribution in [-0.4, -0.2) is 38.6 Å². The zero-order chi connectivity index (χ0) is 17.9. The predicted octanol–water partition coefficient (Wildman–Crippen LogP) is 2.89. The van der Waals surface area contributed by atoms with E-state index in [0.717, 1.165) is 17.1 Å². The molecular weight excluding hydrogens is 324 g/mol. The highest BCUT2D eigenvalue weighted by Gasteiger charge is 2.22. The van der Waals surface area contributed by atoms with Gasteiger partial charge in [-0.15, -0.1) is 10.2 Å². The number of amides is 1. The molecule has 0 radical (unpaired) electrons. The first-order valence-corrected chi connectivity index (χ1v) is 8.62. The molecule has 0 spiro atoms. The minimum absolute atomic E-state index is 0.0125. The van der Waals surface area contributed by atoms with Crippen molar-refractivity contribution in [1.82, 2.24) is 20.1 Å². The molecule has 1 amide bonds. The van der Waals surface area contributed by atoms with Crippen LogP contribution < -0.4 is 10.1 Å². The molecule has 2 aromatic rings. The van der Waals surface area contributed by atoms with Crippen molar-refractivity contribution in [3.05, 3.63) is 24.3 Å². The van der Waals surface area contributed by atoms with Crippen molar-refractivity contribution in [2.75, 3.05) is 7.11 Å². The van der Waals surface area contributed by atoms with E-state index in [2.05, 4.69) is 15.5 Å². The lowest BCUT2D eigenvalue weighted by Gasteiger charge is -2.22. The number of carbonyl (C=O) groups excluding carboxylic acids is 1. The van der Waals surface area contributed by atoms with Gasteiger partial charge in [0.25, 0.3) is 0 Å². The first-order valence-electron chi connectivity index (χ1n) is 7.74. The van der Waals surface area contributed by atoms with Crippen LogP contribution in [-0.2, 0) is 11.8 Å². The number of nitrogens with one attached hydrogen (secondary N) is 1. The SMILES string of the molecule is COc1ccc(-c2nnc(SC(C)C(=O)NC(C)(C)C)n2C)cc1. The zero-order valence-electron chi connectivity index (χ0n) is 15.0. The van der Waals surface area contributed by atoms with Crippen LogP contribution in [0.4, 0.5) is 0 Å². The fourth-order valence-electron chi connectivity index (χ4n) is 2.09. The zero-order valence-corrected chi connectivity index (χ0v) is 15.8. The molecule has 0 aliphatic carbocycles. The third kappa shape index (κ3) is 4.50. The summed E-state index contributed by atoms with van der Waals surface area (Å²) in [5, 5.41) is 11.9. The lowest BCUT2D eigenvalue weighted by Crippen LogP contribution is -2.44. The number of hydrogen-bond donors (Lipinski definition) is 1. The molecule has 0 saturated carbocycles. The van der Waals surface area contributed by atoms with Crippen molar-refractivity contribution < 1.29 is 9.53 Å². The molecule has 1 unspecified atom stereocenters. The van der Waals surface area contributed by atoms with Gasteiger partial charge in [0.05, 0.1) is 12.4 Å². The molecule has 24 heavy (non-hydrogen) atoms. The first-order chi connectivity index (χ1) is 11.2. The summed E-state index contributed by atoms with van der Waals surface area (Å²) in [5.74, 6) is 1.54. The minimum atomic E-state index is -0.254. The van der Waals surface area contributed by atoms with E-state index in [1.54, 1.807) is 7.11 Å². The van der Waals surface area contributed by atoms with Crippen LogP contribution in [0.1, 0.15) is 27.7 Å². The van der Waals surface area contributed by atoms with Crippen molar-refractivity contribution in [3.63, 3.8) is 0 Å². The fraction of sp³-hybridized carbons (Fsp3) is 0.471. The molecule has 2 rings (SSSR count). The van der Waals surface area contributed by atoms with Gasteiger partial charge in [0, 0.05) is 18.2 Å². The van der Waals surface area contributed by atoms with E-state index in [9.17, 15) is 4.79 Å². The molecule has 1 aromatic heterocycles. The van der Waals surface area contributed by atoms with E-state index >= 15 is 0 Å². The standard InChI is InChI=1S/C17H24N4O2S/c1-11(15(22)18-17(2,3)4)24-16-20-19-14(21(16)5)12-7-9-13(23-6)10-8-12/h7-11H,1-6H3,(H,18,22). The quantitative estimate of drug-likeness (QED) is 0.842. The second-order valence-corrected chi connectivity index (χ2v) is 7.90. The van der Waals surface area contributed by atoms with Gasteiger partial charge in [-0.25, -0.2) is 0 Å². The molecule has 0 bridgehead atoms. The second-order valence-electron chi connectivity index (χ2n) is 6.59. The summed E-state index contributed by atoms with van der Waals surface area (Å²) in [6, 6.07) is 7.65. The van der Waals surface area contributed by atoms with E-state index in [1.165, 1.54) is 11.8 Å². The molecule has 0 aliphatic rings. The number of thioether (sulfide) groups is 1. The maximum atomic E-state index is 12.2. The Hall–Kier alpha value is -2.02. The Morgan fingerprint density at radius 2 is 1.88 bits per heavy atom. The topological polar surface area (TPSA) is 69.0 Å². The summed E-state index contributed by atoms with van der Waals surface area (Å²) >= 11 is 1.39. The number of nitrogens with zero attached hydrogens (tertiary/aromatic N) is 3. The van der Waals surface area contributed by atoms with E-state index in [-0.39, 0.29) is 16.7 Å². The average Bonchev–Trinajstić information content (AvgIpc) is 2.87. The van der Waals surface area contributed by atoms with Gasteiger partial charge in [0.1, 0.15) is 5.75 Å². The Kier molecular flexibility index (Phi) is 5.54. The van der Waals surface area contributed by atoms with Crippen molar-refractivity contribution >= 4 is 17.7 Å². The van der Waals surface area contributed by atoms with Crippen LogP contribution in [0, 0.1) is 0 Å². The Labute approximate surface area is 147 Å². The van der Waals surface area contributed by atoms with Crippen molar-refractivity contribution in [1.29, 1.82) is 0 Å². The van der Waals surface area contributed by atoms with Crippen molar-refractivity contribution in [3.8, 4) is 17.1 Å². The van der Waals surface area contributed by atoms with E-state index < -0.39 is 0 Å². The molecule has 1 atom stereocenters. The summed E-state index contributed by atoms with van der Waals surface area (Å²) in [4.78, 5) is 12.2. The Balaban J connectivity index is 2.13. The highest BCUT2D eigenvalue weighted by Crippen LogP contribution is 2.27. The monoisotopic (exact) mass is 348 g/mol. The number of rotatable bonds is 5. The summed E-state index contributed by atoms with van der Waals surface area (Å²) < 4.78 is 7.06. The van der Waals surface area contributed by atoms with Gasteiger partial charge in [-0.05, 0) is 52.0 Å². The van der Waals surface area contributed by atoms with Crippen LogP contribution in [0.25, 0.3) is 11.4 Å². The summed E-state index contributed by atoms with van der Waals surface area (Å²) in [5.41, 5.74) is 0.699. The average molecular weight is 348 g/mol. The molecular formula is C17H24N4O2S. The summed E-state index contributed by atoms with van der Waals surface area (Å²) in [6.07, 6.45) is 0. The Bertz CT molecular complexity index is 704. The van der Waals surface area contributed by atoms with Gasteiger partial charge in [-0.2, -0.15) is 0 Å². The molecule has 1 N–H and O–H groups in total. The highest BCUT2D eigenvalue weighted by atomic mass is 32.2. The number of aromatic nitrogens is 3. The van der Waals surface area contributed by atoms with Crippen LogP contribution in [0.15, 0.2) is 29.4 Å². The van der Waals surface area contributed by atoms with Crippen molar-refractivity contribution in [2.45, 2.75) is 43.6 Å². The maximum Gasteiger partial charge on any atom is 0.233 e. The van der Waals surface area contributed by atoms with Gasteiger partial charge >= 0.3 is 0 Å². The third-order valence-corrected chi connectivity index (χ3v) is 4.47. The predicted molar refractivity (Wildman–Crippen MR) is 96.2 cm³/mol. The molecule has 1 aromatic carbocycles. The third-order valence-electron chi connectivity index (χ3n) is 3.33. The largest absolute Gasteiger partial charge is 0.497 e. The van der Waals surface area contributed by atoms with Crippen LogP contribution in [0.3, 0.4) is 0 Å². The first kappa shape index (κ1) is 18.3. The molecule has 6 nitrogen and oxygen atoms in total. The Morgan fingerprint density at radius 1 is 1.25 bits per heavy atom. The highest BCUT2D eigenvalue weighted by molar-refractivity contribution is 8.00. The molecule has 130 valence electrons. The van der Waals surface area contributed by atoms with E-state index in [4.69, 9.17) is 4.74 Å². The smallest absolute Gasteiger partial charge is 0.233 e. The molecule has 0 aliphatic heterocycles. The summed E-state index contributed by atoms with van der Waals surface area (Å²) in [7, 11) is 3.53. The number of methoxy groups -OCH3 is 1. The van der Waals surface area contributed by atoms with E-state index in [1.807, 2.05) is 63.6 Å². The Morgan fingerprint density at radius 3 is 2.42 bits per heavy atom. The summed E-state index contributed by atoms with van der Waals surface area (Å²) in [6.45, 7) is 7.76. The van der Waals surface area contributed by atoms with Gasteiger partial charge < -0.3 is 14.6 Å². The van der Waals surface area contributed by atoms with Crippen LogP contribution in [0.5, 0.6) is 5.75 Å².